The van der Waals surface area contributed by atoms with E-state index in [0.717, 1.165) is 42.0 Å². The number of phenols is 1. The average molecular weight is 351 g/mol. The lowest BCUT2D eigenvalue weighted by Crippen LogP contribution is -2.30. The Morgan fingerprint density at radius 1 is 1.23 bits per heavy atom. The van der Waals surface area contributed by atoms with Crippen LogP contribution in [0.15, 0.2) is 47.7 Å². The summed E-state index contributed by atoms with van der Waals surface area (Å²) in [7, 11) is 0. The standard InChI is InChI=1S/C20H25N5O/c21-18-11-23-19(16-3-1-2-4-20(16)26)9-17(18)15-10-24-25(13-15)12-14-5-7-22-8-6-14/h1-4,9-10,13-14,18,22,26H,5-8,11-12,21H2. The van der Waals surface area contributed by atoms with Crippen molar-refractivity contribution >= 4 is 11.3 Å². The van der Waals surface area contributed by atoms with E-state index in [0.29, 0.717) is 12.5 Å². The van der Waals surface area contributed by atoms with Gasteiger partial charge in [-0.1, -0.05) is 12.1 Å². The molecule has 6 nitrogen and oxygen atoms in total. The van der Waals surface area contributed by atoms with E-state index in [9.17, 15) is 5.11 Å². The molecule has 4 N–H and O–H groups in total. The summed E-state index contributed by atoms with van der Waals surface area (Å²) in [5, 5.41) is 18.1. The Morgan fingerprint density at radius 2 is 2.04 bits per heavy atom. The van der Waals surface area contributed by atoms with E-state index in [1.54, 1.807) is 6.07 Å². The average Bonchev–Trinajstić information content (AvgIpc) is 3.12. The lowest BCUT2D eigenvalue weighted by Gasteiger charge is -2.22. The van der Waals surface area contributed by atoms with Crippen molar-refractivity contribution in [2.24, 2.45) is 16.6 Å². The van der Waals surface area contributed by atoms with Crippen molar-refractivity contribution in [2.45, 2.75) is 25.4 Å². The molecule has 2 aliphatic rings. The molecule has 0 bridgehead atoms. The van der Waals surface area contributed by atoms with Crippen LogP contribution in [0.4, 0.5) is 0 Å². The predicted molar refractivity (Wildman–Crippen MR) is 103 cm³/mol. The first kappa shape index (κ1) is 17.0. The number of hydrogen-bond donors (Lipinski definition) is 3. The SMILES string of the molecule is NC1CN=C(c2ccccc2O)C=C1c1cnn(CC2CCNCC2)c1. The molecule has 26 heavy (non-hydrogen) atoms. The van der Waals surface area contributed by atoms with Crippen LogP contribution in [0.2, 0.25) is 0 Å². The van der Waals surface area contributed by atoms with Gasteiger partial charge in [-0.15, -0.1) is 0 Å². The van der Waals surface area contributed by atoms with Crippen LogP contribution in [0.5, 0.6) is 5.75 Å². The Balaban J connectivity index is 1.56. The van der Waals surface area contributed by atoms with Gasteiger partial charge in [0.1, 0.15) is 5.75 Å². The van der Waals surface area contributed by atoms with Crippen LogP contribution in [0.3, 0.4) is 0 Å². The molecule has 1 aromatic heterocycles. The Kier molecular flexibility index (Phi) is 4.86. The molecule has 2 aromatic rings. The molecule has 0 spiro atoms. The van der Waals surface area contributed by atoms with Crippen molar-refractivity contribution in [3.8, 4) is 5.75 Å². The van der Waals surface area contributed by atoms with Crippen molar-refractivity contribution in [3.05, 3.63) is 53.9 Å². The van der Waals surface area contributed by atoms with E-state index in [1.165, 1.54) is 12.8 Å². The van der Waals surface area contributed by atoms with E-state index in [4.69, 9.17) is 5.73 Å². The number of aliphatic imine (C=N–C) groups is 1. The molecule has 1 fully saturated rings. The summed E-state index contributed by atoms with van der Waals surface area (Å²) in [6.07, 6.45) is 8.35. The first-order valence-corrected chi connectivity index (χ1v) is 9.24. The molecule has 6 heteroatoms. The zero-order valence-corrected chi connectivity index (χ0v) is 14.8. The van der Waals surface area contributed by atoms with Gasteiger partial charge >= 0.3 is 0 Å². The van der Waals surface area contributed by atoms with Gasteiger partial charge in [-0.3, -0.25) is 9.67 Å². The van der Waals surface area contributed by atoms with Crippen LogP contribution in [0.1, 0.15) is 24.0 Å². The molecule has 2 aliphatic heterocycles. The molecule has 1 aromatic carbocycles. The maximum atomic E-state index is 10.1. The number of hydrogen-bond acceptors (Lipinski definition) is 5. The van der Waals surface area contributed by atoms with E-state index >= 15 is 0 Å². The largest absolute Gasteiger partial charge is 0.507 e. The van der Waals surface area contributed by atoms with Gasteiger partial charge in [-0.2, -0.15) is 5.10 Å². The minimum atomic E-state index is -0.152. The van der Waals surface area contributed by atoms with Gasteiger partial charge in [0.15, 0.2) is 0 Å². The van der Waals surface area contributed by atoms with Gasteiger partial charge in [0, 0.05) is 23.9 Å². The fourth-order valence-electron chi connectivity index (χ4n) is 3.69. The normalized spacial score (nSPS) is 21.3. The number of nitrogens with two attached hydrogens (primary N) is 1. The van der Waals surface area contributed by atoms with E-state index in [-0.39, 0.29) is 11.8 Å². The van der Waals surface area contributed by atoms with E-state index < -0.39 is 0 Å². The van der Waals surface area contributed by atoms with Gasteiger partial charge in [0.05, 0.1) is 24.5 Å². The second-order valence-corrected chi connectivity index (χ2v) is 7.09. The van der Waals surface area contributed by atoms with Crippen LogP contribution in [0.25, 0.3) is 5.57 Å². The van der Waals surface area contributed by atoms with Crippen LogP contribution in [-0.4, -0.2) is 46.3 Å². The number of benzene rings is 1. The summed E-state index contributed by atoms with van der Waals surface area (Å²) in [6, 6.07) is 7.11. The maximum absolute atomic E-state index is 10.1. The molecule has 1 atom stereocenters. The fraction of sp³-hybridized carbons (Fsp3) is 0.400. The summed E-state index contributed by atoms with van der Waals surface area (Å²) >= 11 is 0. The van der Waals surface area contributed by atoms with Crippen LogP contribution >= 0.6 is 0 Å². The lowest BCUT2D eigenvalue weighted by atomic mass is 9.95. The molecule has 136 valence electrons. The third-order valence-electron chi connectivity index (χ3n) is 5.20. The second kappa shape index (κ2) is 7.43. The van der Waals surface area contributed by atoms with Crippen LogP contribution < -0.4 is 11.1 Å². The smallest absolute Gasteiger partial charge is 0.124 e. The molecule has 1 unspecified atom stereocenters. The number of rotatable bonds is 4. The van der Waals surface area contributed by atoms with Crippen molar-refractivity contribution in [1.82, 2.24) is 15.1 Å². The van der Waals surface area contributed by atoms with Crippen molar-refractivity contribution in [2.75, 3.05) is 19.6 Å². The molecule has 0 amide bonds. The monoisotopic (exact) mass is 351 g/mol. The highest BCUT2D eigenvalue weighted by Crippen LogP contribution is 2.26. The number of allylic oxidation sites excluding steroid dienone is 1. The van der Waals surface area contributed by atoms with Gasteiger partial charge in [-0.05, 0) is 55.6 Å². The van der Waals surface area contributed by atoms with Gasteiger partial charge in [0.25, 0.3) is 0 Å². The van der Waals surface area contributed by atoms with Crippen LogP contribution in [-0.2, 0) is 6.54 Å². The second-order valence-electron chi connectivity index (χ2n) is 7.09. The van der Waals surface area contributed by atoms with Crippen molar-refractivity contribution in [1.29, 1.82) is 0 Å². The first-order chi connectivity index (χ1) is 12.7. The molecular weight excluding hydrogens is 326 g/mol. The number of phenolic OH excluding ortho intramolecular Hbond substituents is 1. The molecule has 0 radical (unpaired) electrons. The number of dihydropyridines is 1. The van der Waals surface area contributed by atoms with Gasteiger partial charge in [-0.25, -0.2) is 0 Å². The molecule has 3 heterocycles. The Bertz CT molecular complexity index is 832. The number of nitrogens with zero attached hydrogens (tertiary/aromatic N) is 3. The first-order valence-electron chi connectivity index (χ1n) is 9.24. The quantitative estimate of drug-likeness (QED) is 0.784. The molecule has 1 saturated heterocycles. The molecular formula is C20H25N5O. The molecule has 0 saturated carbocycles. The zero-order chi connectivity index (χ0) is 17.9. The summed E-state index contributed by atoms with van der Waals surface area (Å²) in [6.45, 7) is 3.64. The Morgan fingerprint density at radius 3 is 2.85 bits per heavy atom. The number of aromatic nitrogens is 2. The summed E-state index contributed by atoms with van der Waals surface area (Å²) in [4.78, 5) is 4.54. The third-order valence-corrected chi connectivity index (χ3v) is 5.20. The summed E-state index contributed by atoms with van der Waals surface area (Å²) < 4.78 is 2.03. The predicted octanol–water partition coefficient (Wildman–Crippen LogP) is 1.80. The maximum Gasteiger partial charge on any atom is 0.124 e. The fourth-order valence-corrected chi connectivity index (χ4v) is 3.69. The van der Waals surface area contributed by atoms with E-state index in [1.807, 2.05) is 35.2 Å². The zero-order valence-electron chi connectivity index (χ0n) is 14.8. The van der Waals surface area contributed by atoms with E-state index in [2.05, 4.69) is 21.6 Å². The van der Waals surface area contributed by atoms with Crippen molar-refractivity contribution < 1.29 is 5.11 Å². The summed E-state index contributed by atoms with van der Waals surface area (Å²) in [5.74, 6) is 0.912. The Hall–Kier alpha value is -2.44. The number of piperidine rings is 1. The summed E-state index contributed by atoms with van der Waals surface area (Å²) in [5.41, 5.74) is 9.86. The van der Waals surface area contributed by atoms with Gasteiger partial charge in [0.2, 0.25) is 0 Å². The minimum absolute atomic E-state index is 0.152. The number of para-hydroxylation sites is 1. The molecule has 4 rings (SSSR count). The highest BCUT2D eigenvalue weighted by atomic mass is 16.3. The minimum Gasteiger partial charge on any atom is -0.507 e. The third kappa shape index (κ3) is 3.57. The number of nitrogens with one attached hydrogen (secondary N) is 1. The van der Waals surface area contributed by atoms with Gasteiger partial charge < -0.3 is 16.2 Å². The topological polar surface area (TPSA) is 88.5 Å². The van der Waals surface area contributed by atoms with Crippen molar-refractivity contribution in [3.63, 3.8) is 0 Å². The highest BCUT2D eigenvalue weighted by molar-refractivity contribution is 6.14. The lowest BCUT2D eigenvalue weighted by molar-refractivity contribution is 0.321. The Labute approximate surface area is 153 Å². The van der Waals surface area contributed by atoms with Crippen LogP contribution in [0, 0.1) is 5.92 Å². The number of aromatic hydroxyl groups is 1. The highest BCUT2D eigenvalue weighted by Gasteiger charge is 2.21. The molecule has 0 aliphatic carbocycles.